The minimum atomic E-state index is -1.29. The van der Waals surface area contributed by atoms with E-state index in [4.69, 9.17) is 0 Å². The van der Waals surface area contributed by atoms with Gasteiger partial charge < -0.3 is 0 Å². The molecule has 2 aliphatic heterocycles. The van der Waals surface area contributed by atoms with Crippen LogP contribution < -0.4 is 10.0 Å². The second kappa shape index (κ2) is 7.92. The van der Waals surface area contributed by atoms with Crippen molar-refractivity contribution in [2.45, 2.75) is 33.6 Å². The Labute approximate surface area is 219 Å². The molecule has 0 radical (unpaired) electrons. The Bertz CT molecular complexity index is 1490. The second-order valence-corrected chi connectivity index (χ2v) is 10.2. The Morgan fingerprint density at radius 1 is 0.684 bits per heavy atom. The highest BCUT2D eigenvalue weighted by atomic mass is 16.6. The van der Waals surface area contributed by atoms with E-state index < -0.39 is 21.7 Å². The highest BCUT2D eigenvalue weighted by Gasteiger charge is 2.91. The molecule has 190 valence electrons. The van der Waals surface area contributed by atoms with E-state index in [-0.39, 0.29) is 17.5 Å². The lowest BCUT2D eigenvalue weighted by Crippen LogP contribution is -2.40. The third-order valence-corrected chi connectivity index (χ3v) is 8.10. The topological polar surface area (TPSA) is 108 Å². The van der Waals surface area contributed by atoms with Gasteiger partial charge in [-0.1, -0.05) is 47.5 Å². The summed E-state index contributed by atoms with van der Waals surface area (Å²) < 4.78 is 0. The average molecular weight is 508 g/mol. The molecule has 3 atom stereocenters. The first-order valence-electron chi connectivity index (χ1n) is 12.3. The minimum absolute atomic E-state index is 0.0636. The predicted molar refractivity (Wildman–Crippen MR) is 144 cm³/mol. The molecular weight excluding hydrogens is 482 g/mol. The first kappa shape index (κ1) is 23.7. The Balaban J connectivity index is 1.51. The lowest BCUT2D eigenvalue weighted by atomic mass is 9.85. The van der Waals surface area contributed by atoms with Crippen LogP contribution in [0.4, 0.5) is 17.1 Å². The van der Waals surface area contributed by atoms with E-state index in [0.717, 1.165) is 11.1 Å². The molecule has 2 heterocycles. The fourth-order valence-corrected chi connectivity index (χ4v) is 6.25. The van der Waals surface area contributed by atoms with Crippen molar-refractivity contribution in [3.8, 4) is 0 Å². The van der Waals surface area contributed by atoms with Gasteiger partial charge in [-0.25, -0.2) is 0 Å². The fourth-order valence-electron chi connectivity index (χ4n) is 6.25. The molecule has 9 nitrogen and oxygen atoms in total. The van der Waals surface area contributed by atoms with Gasteiger partial charge in [0.05, 0.1) is 27.7 Å². The van der Waals surface area contributed by atoms with E-state index in [0.29, 0.717) is 28.4 Å². The number of nitrogens with zero attached hydrogens (tertiary/aromatic N) is 5. The van der Waals surface area contributed by atoms with E-state index in [1.807, 2.05) is 62.4 Å². The molecule has 3 aromatic rings. The SMILES string of the molecule is CC1=NN(c2ccc(C)cc2)C(=O)[C@@]12C(c1ccc([N+](=O)[O-])cc1)[C@]21C(=O)N(c2ccc(C)cc2)N=C1C. The second-order valence-electron chi connectivity index (χ2n) is 10.2. The van der Waals surface area contributed by atoms with Crippen LogP contribution in [0.2, 0.25) is 0 Å². The van der Waals surface area contributed by atoms with Crippen molar-refractivity contribution >= 4 is 40.3 Å². The largest absolute Gasteiger partial charge is 0.271 e. The number of aryl methyl sites for hydroxylation is 2. The molecule has 38 heavy (non-hydrogen) atoms. The number of nitro groups is 1. The maximum atomic E-state index is 14.4. The molecule has 3 aliphatic rings. The molecule has 1 unspecified atom stereocenters. The van der Waals surface area contributed by atoms with Crippen LogP contribution in [0.25, 0.3) is 0 Å². The van der Waals surface area contributed by atoms with E-state index >= 15 is 0 Å². The standard InChI is InChI=1S/C29H25N5O4/c1-17-5-11-22(12-6-17)32-26(35)28(19(3)30-32)25(21-9-15-24(16-10-21)34(37)38)29(28)20(4)31-33(27(29)36)23-13-7-18(2)8-14-23/h5-16,25H,1-4H3/t25?,28-,29+. The molecule has 6 rings (SSSR count). The van der Waals surface area contributed by atoms with Crippen molar-refractivity contribution in [3.63, 3.8) is 0 Å². The van der Waals surface area contributed by atoms with Gasteiger partial charge in [-0.2, -0.15) is 20.2 Å². The van der Waals surface area contributed by atoms with Crippen LogP contribution in [0.5, 0.6) is 0 Å². The first-order valence-corrected chi connectivity index (χ1v) is 12.3. The van der Waals surface area contributed by atoms with E-state index in [1.165, 1.54) is 22.2 Å². The van der Waals surface area contributed by atoms with Crippen molar-refractivity contribution in [2.75, 3.05) is 10.0 Å². The van der Waals surface area contributed by atoms with Gasteiger partial charge in [-0.05, 0) is 57.5 Å². The highest BCUT2D eigenvalue weighted by molar-refractivity contribution is 6.37. The van der Waals surface area contributed by atoms with Crippen LogP contribution in [0, 0.1) is 34.8 Å². The summed E-state index contributed by atoms with van der Waals surface area (Å²) in [5.74, 6) is -1.24. The summed E-state index contributed by atoms with van der Waals surface area (Å²) >= 11 is 0. The summed E-state index contributed by atoms with van der Waals surface area (Å²) in [6.07, 6.45) is 0. The number of amides is 2. The third-order valence-electron chi connectivity index (χ3n) is 8.10. The number of hydrogen-bond donors (Lipinski definition) is 0. The molecule has 2 amide bonds. The van der Waals surface area contributed by atoms with Crippen molar-refractivity contribution in [3.05, 3.63) is 99.6 Å². The summed E-state index contributed by atoms with van der Waals surface area (Å²) in [6.45, 7) is 7.47. The maximum Gasteiger partial charge on any atom is 0.269 e. The number of carbonyl (C=O) groups excluding carboxylic acids is 2. The normalized spacial score (nSPS) is 25.8. The zero-order valence-corrected chi connectivity index (χ0v) is 21.4. The summed E-state index contributed by atoms with van der Waals surface area (Å²) in [6, 6.07) is 21.0. The van der Waals surface area contributed by atoms with Crippen molar-refractivity contribution in [2.24, 2.45) is 21.0 Å². The van der Waals surface area contributed by atoms with Crippen LogP contribution in [-0.2, 0) is 9.59 Å². The van der Waals surface area contributed by atoms with Gasteiger partial charge in [-0.3, -0.25) is 19.7 Å². The lowest BCUT2D eigenvalue weighted by molar-refractivity contribution is -0.384. The molecule has 3 aromatic carbocycles. The van der Waals surface area contributed by atoms with Gasteiger partial charge in [0.15, 0.2) is 0 Å². The summed E-state index contributed by atoms with van der Waals surface area (Å²) in [7, 11) is 0. The zero-order chi connectivity index (χ0) is 27.0. The quantitative estimate of drug-likeness (QED) is 0.360. The number of hydrogen-bond acceptors (Lipinski definition) is 6. The van der Waals surface area contributed by atoms with Crippen LogP contribution in [0.15, 0.2) is 83.0 Å². The number of carbonyl (C=O) groups is 2. The van der Waals surface area contributed by atoms with E-state index in [9.17, 15) is 19.7 Å². The maximum absolute atomic E-state index is 14.4. The lowest BCUT2D eigenvalue weighted by Gasteiger charge is -2.19. The molecule has 0 N–H and O–H groups in total. The number of rotatable bonds is 4. The Hall–Kier alpha value is -4.66. The van der Waals surface area contributed by atoms with Crippen LogP contribution in [-0.4, -0.2) is 28.2 Å². The van der Waals surface area contributed by atoms with Crippen LogP contribution in [0.3, 0.4) is 0 Å². The molecule has 0 bridgehead atoms. The van der Waals surface area contributed by atoms with Gasteiger partial charge in [0.2, 0.25) is 0 Å². The van der Waals surface area contributed by atoms with Gasteiger partial charge in [0.1, 0.15) is 10.8 Å². The van der Waals surface area contributed by atoms with Crippen molar-refractivity contribution < 1.29 is 14.5 Å². The Morgan fingerprint density at radius 2 is 1.08 bits per heavy atom. The summed E-state index contributed by atoms with van der Waals surface area (Å²) in [4.78, 5) is 39.6. The first-order chi connectivity index (χ1) is 18.1. The van der Waals surface area contributed by atoms with Crippen molar-refractivity contribution in [1.29, 1.82) is 0 Å². The zero-order valence-electron chi connectivity index (χ0n) is 21.4. The average Bonchev–Trinajstić information content (AvgIpc) is 3.39. The monoisotopic (exact) mass is 507 g/mol. The van der Waals surface area contributed by atoms with Gasteiger partial charge >= 0.3 is 0 Å². The molecule has 1 saturated carbocycles. The number of benzene rings is 3. The number of hydrazone groups is 2. The van der Waals surface area contributed by atoms with Gasteiger partial charge in [0, 0.05) is 18.1 Å². The Morgan fingerprint density at radius 3 is 1.45 bits per heavy atom. The van der Waals surface area contributed by atoms with E-state index in [1.54, 1.807) is 26.0 Å². The molecule has 0 aromatic heterocycles. The summed E-state index contributed by atoms with van der Waals surface area (Å²) in [5.41, 5.74) is 2.34. The van der Waals surface area contributed by atoms with Crippen LogP contribution in [0.1, 0.15) is 36.5 Å². The smallest absolute Gasteiger partial charge is 0.269 e. The number of anilines is 2. The van der Waals surface area contributed by atoms with Crippen molar-refractivity contribution in [1.82, 2.24) is 0 Å². The van der Waals surface area contributed by atoms with E-state index in [2.05, 4.69) is 10.2 Å². The fraction of sp³-hybridized carbons (Fsp3) is 0.241. The number of nitro benzene ring substituents is 1. The summed E-state index contributed by atoms with van der Waals surface area (Å²) in [5, 5.41) is 23.4. The molecule has 1 aliphatic carbocycles. The molecule has 1 fully saturated rings. The van der Waals surface area contributed by atoms with Gasteiger partial charge in [-0.15, -0.1) is 0 Å². The molecule has 9 heteroatoms. The predicted octanol–water partition coefficient (Wildman–Crippen LogP) is 5.13. The number of non-ortho nitro benzene ring substituents is 1. The number of fused-ring (bicyclic) bond motifs is 1. The van der Waals surface area contributed by atoms with Gasteiger partial charge in [0.25, 0.3) is 17.5 Å². The molecule has 0 saturated heterocycles. The Kier molecular flexibility index (Phi) is 4.94. The third kappa shape index (κ3) is 2.87. The highest BCUT2D eigenvalue weighted by Crippen LogP contribution is 2.79. The molecule has 2 spiro atoms. The minimum Gasteiger partial charge on any atom is -0.271 e. The van der Waals surface area contributed by atoms with Crippen LogP contribution >= 0.6 is 0 Å². The molecular formula is C29H25N5O4.